The van der Waals surface area contributed by atoms with Crippen molar-refractivity contribution in [2.75, 3.05) is 0 Å². The standard InChI is InChI=1S/C24H22O5/c25-19-14-20(28-22(26)15-19)13-12-17-9-4-8-16-10-5-11-21(23(16)17)29-24(27)18-6-2-1-3-7-18/h1-11,19-20,25H,12-15H2. The van der Waals surface area contributed by atoms with Gasteiger partial charge in [0.25, 0.3) is 0 Å². The van der Waals surface area contributed by atoms with Crippen LogP contribution in [0.15, 0.2) is 66.7 Å². The molecule has 29 heavy (non-hydrogen) atoms. The number of hydrogen-bond acceptors (Lipinski definition) is 5. The van der Waals surface area contributed by atoms with Gasteiger partial charge in [-0.05, 0) is 42.0 Å². The van der Waals surface area contributed by atoms with E-state index in [4.69, 9.17) is 9.47 Å². The molecule has 2 atom stereocenters. The molecule has 0 aromatic heterocycles. The highest BCUT2D eigenvalue weighted by atomic mass is 16.5. The monoisotopic (exact) mass is 390 g/mol. The summed E-state index contributed by atoms with van der Waals surface area (Å²) < 4.78 is 11.1. The van der Waals surface area contributed by atoms with E-state index in [1.54, 1.807) is 30.3 Å². The van der Waals surface area contributed by atoms with Gasteiger partial charge in [-0.15, -0.1) is 0 Å². The maximum absolute atomic E-state index is 12.5. The Morgan fingerprint density at radius 1 is 1.03 bits per heavy atom. The molecule has 0 amide bonds. The fourth-order valence-electron chi connectivity index (χ4n) is 3.76. The van der Waals surface area contributed by atoms with E-state index in [0.29, 0.717) is 30.6 Å². The summed E-state index contributed by atoms with van der Waals surface area (Å²) in [5.74, 6) is -0.256. The van der Waals surface area contributed by atoms with Crippen molar-refractivity contribution in [3.8, 4) is 5.75 Å². The molecule has 0 bridgehead atoms. The predicted molar refractivity (Wildman–Crippen MR) is 109 cm³/mol. The summed E-state index contributed by atoms with van der Waals surface area (Å²) in [6.07, 6.45) is 0.804. The number of aryl methyl sites for hydroxylation is 1. The minimum atomic E-state index is -0.642. The molecule has 148 valence electrons. The first kappa shape index (κ1) is 19.2. The first-order valence-electron chi connectivity index (χ1n) is 9.75. The lowest BCUT2D eigenvalue weighted by Crippen LogP contribution is -2.32. The zero-order valence-corrected chi connectivity index (χ0v) is 15.9. The number of carbonyl (C=O) groups is 2. The number of esters is 2. The Kier molecular flexibility index (Phi) is 5.58. The Morgan fingerprint density at radius 2 is 1.79 bits per heavy atom. The highest BCUT2D eigenvalue weighted by molar-refractivity contribution is 5.96. The lowest BCUT2D eigenvalue weighted by atomic mass is 9.96. The number of aliphatic hydroxyl groups is 1. The summed E-state index contributed by atoms with van der Waals surface area (Å²) in [6, 6.07) is 20.4. The Bertz CT molecular complexity index is 1020. The summed E-state index contributed by atoms with van der Waals surface area (Å²) in [4.78, 5) is 24.1. The molecule has 0 spiro atoms. The first-order chi connectivity index (χ1) is 14.1. The fourth-order valence-corrected chi connectivity index (χ4v) is 3.76. The van der Waals surface area contributed by atoms with Crippen molar-refractivity contribution in [3.63, 3.8) is 0 Å². The molecule has 5 nitrogen and oxygen atoms in total. The van der Waals surface area contributed by atoms with Crippen molar-refractivity contribution in [1.82, 2.24) is 0 Å². The van der Waals surface area contributed by atoms with E-state index in [-0.39, 0.29) is 18.5 Å². The minimum absolute atomic E-state index is 0.0599. The predicted octanol–water partition coefficient (Wildman–Crippen LogP) is 4.06. The molecular weight excluding hydrogens is 368 g/mol. The number of aliphatic hydroxyl groups excluding tert-OH is 1. The van der Waals surface area contributed by atoms with Crippen molar-refractivity contribution >= 4 is 22.7 Å². The number of benzene rings is 3. The molecule has 1 aliphatic rings. The lowest BCUT2D eigenvalue weighted by Gasteiger charge is -2.26. The third kappa shape index (κ3) is 4.46. The average Bonchev–Trinajstić information content (AvgIpc) is 2.72. The smallest absolute Gasteiger partial charge is 0.343 e. The van der Waals surface area contributed by atoms with Crippen LogP contribution in [0.1, 0.15) is 35.2 Å². The quantitative estimate of drug-likeness (QED) is 0.525. The second-order valence-corrected chi connectivity index (χ2v) is 7.27. The Labute approximate surface area is 168 Å². The molecule has 1 heterocycles. The Hall–Kier alpha value is -3.18. The Morgan fingerprint density at radius 3 is 2.55 bits per heavy atom. The van der Waals surface area contributed by atoms with Gasteiger partial charge in [-0.1, -0.05) is 48.5 Å². The zero-order valence-electron chi connectivity index (χ0n) is 15.9. The van der Waals surface area contributed by atoms with Crippen molar-refractivity contribution in [2.24, 2.45) is 0 Å². The van der Waals surface area contributed by atoms with Crippen LogP contribution in [0.3, 0.4) is 0 Å². The molecule has 1 N–H and O–H groups in total. The number of cyclic esters (lactones) is 1. The molecule has 0 radical (unpaired) electrons. The summed E-state index contributed by atoms with van der Waals surface area (Å²) in [6.45, 7) is 0. The maximum atomic E-state index is 12.5. The van der Waals surface area contributed by atoms with Crippen LogP contribution in [-0.2, 0) is 16.0 Å². The van der Waals surface area contributed by atoms with E-state index in [0.717, 1.165) is 16.3 Å². The molecule has 3 aromatic rings. The molecule has 5 heteroatoms. The molecule has 3 aromatic carbocycles. The van der Waals surface area contributed by atoms with Gasteiger partial charge in [0.1, 0.15) is 11.9 Å². The van der Waals surface area contributed by atoms with Crippen molar-refractivity contribution < 1.29 is 24.2 Å². The van der Waals surface area contributed by atoms with Crippen LogP contribution in [0.5, 0.6) is 5.75 Å². The minimum Gasteiger partial charge on any atom is -0.462 e. The number of hydrogen-bond donors (Lipinski definition) is 1. The van der Waals surface area contributed by atoms with Crippen LogP contribution in [0, 0.1) is 0 Å². The van der Waals surface area contributed by atoms with Gasteiger partial charge in [0, 0.05) is 11.8 Å². The molecule has 0 aliphatic carbocycles. The molecule has 0 saturated carbocycles. The van der Waals surface area contributed by atoms with Gasteiger partial charge in [-0.25, -0.2) is 4.79 Å². The van der Waals surface area contributed by atoms with Crippen LogP contribution in [0.4, 0.5) is 0 Å². The highest BCUT2D eigenvalue weighted by Crippen LogP contribution is 2.31. The van der Waals surface area contributed by atoms with Gasteiger partial charge in [-0.3, -0.25) is 4.79 Å². The second kappa shape index (κ2) is 8.45. The van der Waals surface area contributed by atoms with Gasteiger partial charge in [-0.2, -0.15) is 0 Å². The number of fused-ring (bicyclic) bond motifs is 1. The van der Waals surface area contributed by atoms with E-state index in [2.05, 4.69) is 0 Å². The zero-order chi connectivity index (χ0) is 20.2. The summed E-state index contributed by atoms with van der Waals surface area (Å²) in [7, 11) is 0. The van der Waals surface area contributed by atoms with Crippen molar-refractivity contribution in [2.45, 2.75) is 37.9 Å². The molecule has 1 fully saturated rings. The Balaban J connectivity index is 1.58. The van der Waals surface area contributed by atoms with E-state index >= 15 is 0 Å². The van der Waals surface area contributed by atoms with E-state index < -0.39 is 12.1 Å². The summed E-state index contributed by atoms with van der Waals surface area (Å²) >= 11 is 0. The van der Waals surface area contributed by atoms with Crippen molar-refractivity contribution in [1.29, 1.82) is 0 Å². The molecular formula is C24H22O5. The van der Waals surface area contributed by atoms with Gasteiger partial charge < -0.3 is 14.6 Å². The average molecular weight is 390 g/mol. The summed E-state index contributed by atoms with van der Waals surface area (Å²) in [5.41, 5.74) is 1.50. The first-order valence-corrected chi connectivity index (χ1v) is 9.75. The lowest BCUT2D eigenvalue weighted by molar-refractivity contribution is -0.160. The number of carbonyl (C=O) groups excluding carboxylic acids is 2. The van der Waals surface area contributed by atoms with Crippen LogP contribution in [0.25, 0.3) is 10.8 Å². The maximum Gasteiger partial charge on any atom is 0.343 e. The van der Waals surface area contributed by atoms with Crippen LogP contribution in [0.2, 0.25) is 0 Å². The normalized spacial score (nSPS) is 19.0. The summed E-state index contributed by atoms with van der Waals surface area (Å²) in [5, 5.41) is 11.7. The van der Waals surface area contributed by atoms with Crippen LogP contribution >= 0.6 is 0 Å². The SMILES string of the molecule is O=C1CC(O)CC(CCc2cccc3cccc(OC(=O)c4ccccc4)c23)O1. The topological polar surface area (TPSA) is 72.8 Å². The van der Waals surface area contributed by atoms with Gasteiger partial charge in [0.15, 0.2) is 0 Å². The van der Waals surface area contributed by atoms with Gasteiger partial charge in [0.2, 0.25) is 0 Å². The molecule has 4 rings (SSSR count). The molecule has 2 unspecified atom stereocenters. The fraction of sp³-hybridized carbons (Fsp3) is 0.250. The van der Waals surface area contributed by atoms with Crippen LogP contribution in [-0.4, -0.2) is 29.3 Å². The van der Waals surface area contributed by atoms with E-state index in [9.17, 15) is 14.7 Å². The second-order valence-electron chi connectivity index (χ2n) is 7.27. The molecule has 1 saturated heterocycles. The van der Waals surface area contributed by atoms with E-state index in [1.807, 2.05) is 36.4 Å². The largest absolute Gasteiger partial charge is 0.462 e. The van der Waals surface area contributed by atoms with E-state index in [1.165, 1.54) is 0 Å². The van der Waals surface area contributed by atoms with Crippen molar-refractivity contribution in [3.05, 3.63) is 77.9 Å². The highest BCUT2D eigenvalue weighted by Gasteiger charge is 2.27. The number of ether oxygens (including phenoxy) is 2. The number of rotatable bonds is 5. The third-order valence-corrected chi connectivity index (χ3v) is 5.14. The third-order valence-electron chi connectivity index (χ3n) is 5.14. The van der Waals surface area contributed by atoms with Crippen LogP contribution < -0.4 is 4.74 Å². The van der Waals surface area contributed by atoms with Gasteiger partial charge >= 0.3 is 11.9 Å². The molecule has 1 aliphatic heterocycles. The van der Waals surface area contributed by atoms with Gasteiger partial charge in [0.05, 0.1) is 18.1 Å².